The van der Waals surface area contributed by atoms with Gasteiger partial charge in [-0.1, -0.05) is 59.8 Å². The molecule has 176 valence electrons. The number of allylic oxidation sites excluding steroid dienone is 4. The summed E-state index contributed by atoms with van der Waals surface area (Å²) in [6.45, 7) is 27.1. The van der Waals surface area contributed by atoms with Crippen LogP contribution in [-0.4, -0.2) is 16.8 Å². The fourth-order valence-corrected chi connectivity index (χ4v) is 4.32. The van der Waals surface area contributed by atoms with Crippen LogP contribution < -0.4 is 15.3 Å². The first kappa shape index (κ1) is 35.0. The molecule has 0 aromatic carbocycles. The molecule has 0 atom stereocenters. The molecule has 0 amide bonds. The SMILES string of the molecule is C=CCC(C)(C)[O-].C=CCC(C)(C)[O-].C=CCC(C)(C)[O-].CC(C)(C)C1=[C]([Hf+3])CC=C1. The van der Waals surface area contributed by atoms with Gasteiger partial charge in [0.25, 0.3) is 0 Å². The van der Waals surface area contributed by atoms with Crippen molar-refractivity contribution in [2.24, 2.45) is 5.41 Å². The Morgan fingerprint density at radius 3 is 1.10 bits per heavy atom. The predicted octanol–water partition coefficient (Wildman–Crippen LogP) is 4.90. The van der Waals surface area contributed by atoms with Gasteiger partial charge in [-0.15, -0.1) is 36.5 Å². The van der Waals surface area contributed by atoms with Crippen molar-refractivity contribution in [2.75, 3.05) is 0 Å². The second-order valence-electron chi connectivity index (χ2n) is 10.5. The minimum absolute atomic E-state index is 0.379. The summed E-state index contributed by atoms with van der Waals surface area (Å²) in [7, 11) is 0. The molecule has 0 aromatic heterocycles. The van der Waals surface area contributed by atoms with Gasteiger partial charge in [-0.2, -0.15) is 0 Å². The molecule has 0 spiro atoms. The van der Waals surface area contributed by atoms with E-state index < -0.39 is 16.8 Å². The number of hydrogen-bond donors (Lipinski definition) is 0. The third kappa shape index (κ3) is 29.5. The molecule has 0 unspecified atom stereocenters. The summed E-state index contributed by atoms with van der Waals surface area (Å²) < 4.78 is 1.67. The first-order valence-corrected chi connectivity index (χ1v) is 12.6. The summed E-state index contributed by atoms with van der Waals surface area (Å²) in [4.78, 5) is 0. The van der Waals surface area contributed by atoms with Crippen LogP contribution in [0.15, 0.2) is 59.0 Å². The second kappa shape index (κ2) is 16.1. The molecular weight excluding hydrogens is 551 g/mol. The predicted molar refractivity (Wildman–Crippen MR) is 127 cm³/mol. The first-order valence-electron chi connectivity index (χ1n) is 10.8. The molecule has 0 aliphatic heterocycles. The topological polar surface area (TPSA) is 69.2 Å². The molecule has 0 bridgehead atoms. The molecule has 3 nitrogen and oxygen atoms in total. The number of hydrogen-bond acceptors (Lipinski definition) is 3. The van der Waals surface area contributed by atoms with Gasteiger partial charge in [0.1, 0.15) is 0 Å². The van der Waals surface area contributed by atoms with Crippen molar-refractivity contribution in [1.82, 2.24) is 0 Å². The van der Waals surface area contributed by atoms with Crippen LogP contribution in [0.4, 0.5) is 0 Å². The van der Waals surface area contributed by atoms with Crippen LogP contribution >= 0.6 is 0 Å². The Morgan fingerprint density at radius 1 is 0.742 bits per heavy atom. The molecule has 31 heavy (non-hydrogen) atoms. The van der Waals surface area contributed by atoms with Crippen molar-refractivity contribution in [3.8, 4) is 0 Å². The van der Waals surface area contributed by atoms with Crippen molar-refractivity contribution < 1.29 is 39.7 Å². The van der Waals surface area contributed by atoms with Crippen LogP contribution in [0.2, 0.25) is 0 Å². The molecule has 0 fully saturated rings. The van der Waals surface area contributed by atoms with Crippen molar-refractivity contribution in [1.29, 1.82) is 0 Å². The average Bonchev–Trinajstić information content (AvgIpc) is 2.91. The minimum atomic E-state index is -0.818. The Kier molecular flexibility index (Phi) is 18.2. The first-order chi connectivity index (χ1) is 13.7. The second-order valence-corrected chi connectivity index (χ2v) is 12.7. The normalized spacial score (nSPS) is 13.7. The molecule has 0 aromatic rings. The fraction of sp³-hybridized carbons (Fsp3) is 0.630. The summed E-state index contributed by atoms with van der Waals surface area (Å²) in [6, 6.07) is 0. The van der Waals surface area contributed by atoms with Gasteiger partial charge in [0.05, 0.1) is 0 Å². The average molecular weight is 597 g/mol. The van der Waals surface area contributed by atoms with Crippen LogP contribution in [-0.2, 0) is 24.4 Å². The Morgan fingerprint density at radius 2 is 1.03 bits per heavy atom. The fourth-order valence-electron chi connectivity index (χ4n) is 2.25. The number of rotatable bonds is 6. The maximum atomic E-state index is 10.6. The molecule has 0 N–H and O–H groups in total. The van der Waals surface area contributed by atoms with Crippen molar-refractivity contribution in [3.63, 3.8) is 0 Å². The molecule has 0 saturated carbocycles. The maximum absolute atomic E-state index is 10.6. The molecule has 1 rings (SSSR count). The molecule has 0 radical (unpaired) electrons. The van der Waals surface area contributed by atoms with E-state index >= 15 is 0 Å². The van der Waals surface area contributed by atoms with E-state index in [4.69, 9.17) is 0 Å². The van der Waals surface area contributed by atoms with Crippen LogP contribution in [0, 0.1) is 5.41 Å². The Hall–Kier alpha value is -0.550. The quantitative estimate of drug-likeness (QED) is 0.324. The van der Waals surface area contributed by atoms with E-state index in [-0.39, 0.29) is 0 Å². The van der Waals surface area contributed by atoms with Crippen molar-refractivity contribution in [3.05, 3.63) is 59.0 Å². The Bertz CT molecular complexity index is 524. The van der Waals surface area contributed by atoms with Crippen LogP contribution in [0.25, 0.3) is 0 Å². The third-order valence-corrected chi connectivity index (χ3v) is 5.35. The van der Waals surface area contributed by atoms with Crippen molar-refractivity contribution in [2.45, 2.75) is 105 Å². The molecular formula is C27H46HfO3. The van der Waals surface area contributed by atoms with Crippen LogP contribution in [0.1, 0.15) is 88.0 Å². The molecule has 1 aliphatic rings. The summed E-state index contributed by atoms with van der Waals surface area (Å²) >= 11 is 1.23. The van der Waals surface area contributed by atoms with Gasteiger partial charge in [-0.3, -0.25) is 0 Å². The van der Waals surface area contributed by atoms with Gasteiger partial charge < -0.3 is 15.3 Å². The zero-order valence-corrected chi connectivity index (χ0v) is 25.2. The van der Waals surface area contributed by atoms with E-state index in [1.54, 1.807) is 68.7 Å². The molecule has 1 aliphatic carbocycles. The van der Waals surface area contributed by atoms with E-state index in [2.05, 4.69) is 52.7 Å². The summed E-state index contributed by atoms with van der Waals surface area (Å²) in [5.74, 6) is 0. The van der Waals surface area contributed by atoms with E-state index in [1.165, 1.54) is 30.8 Å². The van der Waals surface area contributed by atoms with E-state index in [1.807, 2.05) is 0 Å². The van der Waals surface area contributed by atoms with E-state index in [9.17, 15) is 15.3 Å². The van der Waals surface area contributed by atoms with Gasteiger partial charge in [-0.25, -0.2) is 0 Å². The molecule has 4 heteroatoms. The Balaban J connectivity index is -0.000000343. The summed E-state index contributed by atoms with van der Waals surface area (Å²) in [5, 5.41) is 31.9. The molecule has 0 heterocycles. The summed E-state index contributed by atoms with van der Waals surface area (Å²) in [5.41, 5.74) is -0.492. The summed E-state index contributed by atoms with van der Waals surface area (Å²) in [6.07, 6.45) is 12.4. The monoisotopic (exact) mass is 598 g/mol. The zero-order chi connectivity index (χ0) is 25.5. The van der Waals surface area contributed by atoms with E-state index in [0.29, 0.717) is 24.7 Å². The van der Waals surface area contributed by atoms with Gasteiger partial charge in [0, 0.05) is 0 Å². The third-order valence-electron chi connectivity index (χ3n) is 3.65. The van der Waals surface area contributed by atoms with Crippen LogP contribution in [0.3, 0.4) is 0 Å². The van der Waals surface area contributed by atoms with Crippen LogP contribution in [0.5, 0.6) is 0 Å². The van der Waals surface area contributed by atoms with Gasteiger partial charge in [-0.05, 0) is 19.3 Å². The Labute approximate surface area is 208 Å². The molecule has 0 saturated heterocycles. The van der Waals surface area contributed by atoms with Gasteiger partial charge in [0.2, 0.25) is 0 Å². The van der Waals surface area contributed by atoms with Gasteiger partial charge >= 0.3 is 78.0 Å². The zero-order valence-electron chi connectivity index (χ0n) is 21.6. The van der Waals surface area contributed by atoms with Crippen molar-refractivity contribution >= 4 is 0 Å². The standard InChI is InChI=1S/C9H13.3C6H11O.Hf/c1-9(2,3)8-6-4-5-7-8;3*1-4-5-6(2,3)7;/h4,6H,5H2,1-3H3;3*4H,1,5H2,2-3H3;/q;3*-1;+3. The van der Waals surface area contributed by atoms with Gasteiger partial charge in [0.15, 0.2) is 0 Å². The van der Waals surface area contributed by atoms with E-state index in [0.717, 1.165) is 0 Å².